The summed E-state index contributed by atoms with van der Waals surface area (Å²) in [7, 11) is 1.35. The first-order valence-electron chi connectivity index (χ1n) is 7.74. The van der Waals surface area contributed by atoms with Crippen molar-refractivity contribution in [2.75, 3.05) is 20.3 Å². The van der Waals surface area contributed by atoms with Crippen LogP contribution in [0.2, 0.25) is 5.02 Å². The van der Waals surface area contributed by atoms with Crippen LogP contribution in [0, 0.1) is 5.92 Å². The van der Waals surface area contributed by atoms with E-state index in [1.54, 1.807) is 17.9 Å². The van der Waals surface area contributed by atoms with Crippen molar-refractivity contribution in [1.82, 2.24) is 4.90 Å². The quantitative estimate of drug-likeness (QED) is 0.748. The smallest absolute Gasteiger partial charge is 0.310 e. The van der Waals surface area contributed by atoms with Crippen LogP contribution in [0.5, 0.6) is 0 Å². The number of nitrogens with zero attached hydrogens (tertiary/aromatic N) is 1. The molecule has 0 aliphatic carbocycles. The molecule has 2 rings (SSSR count). The lowest BCUT2D eigenvalue weighted by molar-refractivity contribution is -0.148. The number of benzene rings is 1. The highest BCUT2D eigenvalue weighted by Crippen LogP contribution is 2.21. The molecule has 2 unspecified atom stereocenters. The van der Waals surface area contributed by atoms with Gasteiger partial charge in [-0.2, -0.15) is 0 Å². The van der Waals surface area contributed by atoms with Gasteiger partial charge in [0.25, 0.3) is 5.91 Å². The lowest BCUT2D eigenvalue weighted by atomic mass is 10.1. The predicted octanol–water partition coefficient (Wildman–Crippen LogP) is 2.66. The van der Waals surface area contributed by atoms with Gasteiger partial charge >= 0.3 is 5.97 Å². The van der Waals surface area contributed by atoms with Gasteiger partial charge in [0.1, 0.15) is 6.10 Å². The molecule has 0 saturated carbocycles. The largest absolute Gasteiger partial charge is 0.469 e. The Labute approximate surface area is 141 Å². The summed E-state index contributed by atoms with van der Waals surface area (Å²) >= 11 is 6.20. The van der Waals surface area contributed by atoms with Gasteiger partial charge in [-0.15, -0.1) is 0 Å². The number of amides is 1. The van der Waals surface area contributed by atoms with Crippen molar-refractivity contribution in [2.45, 2.75) is 32.4 Å². The van der Waals surface area contributed by atoms with Crippen molar-refractivity contribution in [2.24, 2.45) is 5.92 Å². The zero-order valence-corrected chi connectivity index (χ0v) is 14.2. The molecule has 126 valence electrons. The molecule has 1 aliphatic rings. The maximum Gasteiger partial charge on any atom is 0.310 e. The lowest BCUT2D eigenvalue weighted by Crippen LogP contribution is -2.42. The zero-order chi connectivity index (χ0) is 16.8. The van der Waals surface area contributed by atoms with Gasteiger partial charge in [0.05, 0.1) is 13.0 Å². The second kappa shape index (κ2) is 8.31. The summed E-state index contributed by atoms with van der Waals surface area (Å²) in [6.45, 7) is 2.97. The number of carbonyl (C=O) groups excluding carboxylic acids is 2. The van der Waals surface area contributed by atoms with Crippen LogP contribution in [0.15, 0.2) is 24.3 Å². The second-order valence-electron chi connectivity index (χ2n) is 5.74. The first kappa shape index (κ1) is 17.8. The van der Waals surface area contributed by atoms with E-state index in [0.29, 0.717) is 24.6 Å². The fraction of sp³-hybridized carbons (Fsp3) is 0.529. The van der Waals surface area contributed by atoms with E-state index in [-0.39, 0.29) is 18.4 Å². The molecule has 1 aliphatic heterocycles. The van der Waals surface area contributed by atoms with E-state index in [0.717, 1.165) is 12.0 Å². The molecule has 1 saturated heterocycles. The van der Waals surface area contributed by atoms with E-state index in [1.807, 2.05) is 18.2 Å². The number of hydrogen-bond acceptors (Lipinski definition) is 4. The summed E-state index contributed by atoms with van der Waals surface area (Å²) in [6.07, 6.45) is 1.16. The molecule has 0 N–H and O–H groups in total. The third-order valence-corrected chi connectivity index (χ3v) is 4.30. The molecule has 0 radical (unpaired) electrons. The van der Waals surface area contributed by atoms with Crippen LogP contribution >= 0.6 is 11.6 Å². The Kier molecular flexibility index (Phi) is 6.42. The van der Waals surface area contributed by atoms with Crippen LogP contribution in [-0.4, -0.2) is 43.1 Å². The van der Waals surface area contributed by atoms with Gasteiger partial charge in [0.2, 0.25) is 0 Å². The number of ether oxygens (including phenoxy) is 2. The Hall–Kier alpha value is -1.59. The summed E-state index contributed by atoms with van der Waals surface area (Å²) in [4.78, 5) is 26.0. The molecule has 1 amide bonds. The summed E-state index contributed by atoms with van der Waals surface area (Å²) in [5.74, 6) is -0.847. The third-order valence-electron chi connectivity index (χ3n) is 3.93. The van der Waals surface area contributed by atoms with Crippen molar-refractivity contribution in [3.63, 3.8) is 0 Å². The molecule has 1 fully saturated rings. The zero-order valence-electron chi connectivity index (χ0n) is 13.5. The summed E-state index contributed by atoms with van der Waals surface area (Å²) in [5, 5.41) is 0.600. The molecule has 0 aromatic heterocycles. The van der Waals surface area contributed by atoms with Gasteiger partial charge in [0.15, 0.2) is 0 Å². The Morgan fingerprint density at radius 3 is 2.78 bits per heavy atom. The molecule has 1 heterocycles. The van der Waals surface area contributed by atoms with Crippen LogP contribution in [0.1, 0.15) is 25.3 Å². The minimum atomic E-state index is -0.428. The molecular formula is C17H22ClNO4. The Morgan fingerprint density at radius 2 is 2.17 bits per heavy atom. The molecule has 23 heavy (non-hydrogen) atoms. The second-order valence-corrected chi connectivity index (χ2v) is 6.14. The third kappa shape index (κ3) is 4.69. The minimum absolute atomic E-state index is 0.0989. The van der Waals surface area contributed by atoms with Gasteiger partial charge in [-0.25, -0.2) is 0 Å². The summed E-state index contributed by atoms with van der Waals surface area (Å²) in [6, 6.07) is 7.38. The Morgan fingerprint density at radius 1 is 1.43 bits per heavy atom. The number of esters is 1. The number of rotatable bonds is 6. The molecule has 5 nitrogen and oxygen atoms in total. The molecular weight excluding hydrogens is 318 g/mol. The normalized spacial score (nSPS) is 18.5. The summed E-state index contributed by atoms with van der Waals surface area (Å²) < 4.78 is 10.2. The molecule has 0 bridgehead atoms. The average Bonchev–Trinajstić information content (AvgIpc) is 3.09. The molecule has 1 aromatic rings. The maximum absolute atomic E-state index is 12.7. The van der Waals surface area contributed by atoms with Crippen molar-refractivity contribution < 1.29 is 19.1 Å². The van der Waals surface area contributed by atoms with Crippen LogP contribution in [0.3, 0.4) is 0 Å². The van der Waals surface area contributed by atoms with Crippen LogP contribution < -0.4 is 0 Å². The minimum Gasteiger partial charge on any atom is -0.469 e. The highest BCUT2D eigenvalue weighted by Gasteiger charge is 2.30. The number of methoxy groups -OCH3 is 1. The predicted molar refractivity (Wildman–Crippen MR) is 87.0 cm³/mol. The van der Waals surface area contributed by atoms with E-state index in [4.69, 9.17) is 21.1 Å². The van der Waals surface area contributed by atoms with E-state index in [2.05, 4.69) is 0 Å². The van der Waals surface area contributed by atoms with Crippen LogP contribution in [0.4, 0.5) is 0 Å². The van der Waals surface area contributed by atoms with E-state index in [9.17, 15) is 9.59 Å². The monoisotopic (exact) mass is 339 g/mol. The fourth-order valence-electron chi connectivity index (χ4n) is 2.65. The fourth-order valence-corrected chi connectivity index (χ4v) is 2.84. The van der Waals surface area contributed by atoms with Gasteiger partial charge in [-0.1, -0.05) is 36.7 Å². The first-order chi connectivity index (χ1) is 11.0. The lowest BCUT2D eigenvalue weighted by Gasteiger charge is -2.27. The molecule has 2 atom stereocenters. The Balaban J connectivity index is 2.14. The van der Waals surface area contributed by atoms with Gasteiger partial charge < -0.3 is 14.4 Å². The standard InChI is InChI=1S/C17H22ClNO4/c1-12(17(21)22-2)10-19(16(20)15-8-5-9-23-15)11-13-6-3-4-7-14(13)18/h3-4,6-7,12,15H,5,8-11H2,1-2H3. The van der Waals surface area contributed by atoms with E-state index < -0.39 is 12.0 Å². The number of hydrogen-bond donors (Lipinski definition) is 0. The van der Waals surface area contributed by atoms with Crippen molar-refractivity contribution in [3.05, 3.63) is 34.9 Å². The number of carbonyl (C=O) groups is 2. The first-order valence-corrected chi connectivity index (χ1v) is 8.12. The van der Waals surface area contributed by atoms with E-state index in [1.165, 1.54) is 7.11 Å². The van der Waals surface area contributed by atoms with Crippen LogP contribution in [0.25, 0.3) is 0 Å². The molecule has 1 aromatic carbocycles. The van der Waals surface area contributed by atoms with Gasteiger partial charge in [-0.05, 0) is 24.5 Å². The van der Waals surface area contributed by atoms with Crippen molar-refractivity contribution in [3.8, 4) is 0 Å². The topological polar surface area (TPSA) is 55.8 Å². The maximum atomic E-state index is 12.7. The van der Waals surface area contributed by atoms with Gasteiger partial charge in [0, 0.05) is 24.7 Å². The van der Waals surface area contributed by atoms with Crippen molar-refractivity contribution >= 4 is 23.5 Å². The highest BCUT2D eigenvalue weighted by molar-refractivity contribution is 6.31. The Bertz CT molecular complexity index is 557. The SMILES string of the molecule is COC(=O)C(C)CN(Cc1ccccc1Cl)C(=O)C1CCCO1. The van der Waals surface area contributed by atoms with Crippen molar-refractivity contribution in [1.29, 1.82) is 0 Å². The molecule has 0 spiro atoms. The average molecular weight is 340 g/mol. The van der Waals surface area contributed by atoms with Gasteiger partial charge in [-0.3, -0.25) is 9.59 Å². The van der Waals surface area contributed by atoms with E-state index >= 15 is 0 Å². The number of halogens is 1. The highest BCUT2D eigenvalue weighted by atomic mass is 35.5. The summed E-state index contributed by atoms with van der Waals surface area (Å²) in [5.41, 5.74) is 0.845. The molecule has 6 heteroatoms. The van der Waals surface area contributed by atoms with Crippen LogP contribution in [-0.2, 0) is 25.6 Å².